The van der Waals surface area contributed by atoms with Gasteiger partial charge in [0.2, 0.25) is 0 Å². The number of carboxylic acids is 1. The lowest BCUT2D eigenvalue weighted by Gasteiger charge is -2.38. The number of aliphatic carboxylic acids is 1. The highest BCUT2D eigenvalue weighted by Crippen LogP contribution is 2.31. The zero-order valence-corrected chi connectivity index (χ0v) is 9.93. The predicted octanol–water partition coefficient (Wildman–Crippen LogP) is 0.190. The molecule has 1 aliphatic rings. The van der Waals surface area contributed by atoms with Crippen LogP contribution in [0.4, 0.5) is 4.79 Å². The van der Waals surface area contributed by atoms with Crippen molar-refractivity contribution in [1.29, 1.82) is 0 Å². The number of aromatic nitrogens is 2. The summed E-state index contributed by atoms with van der Waals surface area (Å²) in [5, 5.41) is 18.2. The van der Waals surface area contributed by atoms with E-state index in [-0.39, 0.29) is 0 Å². The van der Waals surface area contributed by atoms with Gasteiger partial charge >= 0.3 is 12.0 Å². The Labute approximate surface area is 104 Å². The Hall–Kier alpha value is -2.05. The van der Waals surface area contributed by atoms with Gasteiger partial charge in [0.1, 0.15) is 5.54 Å². The number of hydrogen-bond donors (Lipinski definition) is 3. The molecule has 1 aliphatic carbocycles. The van der Waals surface area contributed by atoms with Crippen LogP contribution < -0.4 is 10.6 Å². The van der Waals surface area contributed by atoms with E-state index in [1.807, 2.05) is 0 Å². The molecular formula is C11H16N4O3. The van der Waals surface area contributed by atoms with E-state index in [9.17, 15) is 9.59 Å². The van der Waals surface area contributed by atoms with E-state index < -0.39 is 17.5 Å². The molecule has 0 unspecified atom stereocenters. The number of amides is 2. The number of carbonyl (C=O) groups excluding carboxylic acids is 1. The van der Waals surface area contributed by atoms with Gasteiger partial charge in [-0.1, -0.05) is 0 Å². The monoisotopic (exact) mass is 252 g/mol. The highest BCUT2D eigenvalue weighted by molar-refractivity contribution is 5.87. The molecule has 0 aliphatic heterocycles. The maximum absolute atomic E-state index is 11.6. The van der Waals surface area contributed by atoms with Crippen LogP contribution in [0.25, 0.3) is 0 Å². The molecule has 0 radical (unpaired) electrons. The van der Waals surface area contributed by atoms with Crippen molar-refractivity contribution >= 4 is 12.0 Å². The third kappa shape index (κ3) is 2.61. The Morgan fingerprint density at radius 1 is 1.44 bits per heavy atom. The number of urea groups is 1. The largest absolute Gasteiger partial charge is 0.480 e. The molecule has 3 N–H and O–H groups in total. The van der Waals surface area contributed by atoms with Crippen LogP contribution >= 0.6 is 0 Å². The van der Waals surface area contributed by atoms with Crippen molar-refractivity contribution < 1.29 is 14.7 Å². The first kappa shape index (κ1) is 12.4. The number of hydrogen-bond acceptors (Lipinski definition) is 3. The second-order valence-electron chi connectivity index (χ2n) is 4.39. The second kappa shape index (κ2) is 5.07. The zero-order valence-electron chi connectivity index (χ0n) is 9.93. The summed E-state index contributed by atoms with van der Waals surface area (Å²) in [5.41, 5.74) is -1.06. The molecule has 2 rings (SSSR count). The zero-order chi connectivity index (χ0) is 13.0. The van der Waals surface area contributed by atoms with E-state index in [2.05, 4.69) is 15.7 Å². The van der Waals surface area contributed by atoms with Gasteiger partial charge in [0.25, 0.3) is 0 Å². The average Bonchev–Trinajstić information content (AvgIpc) is 2.76. The highest BCUT2D eigenvalue weighted by Gasteiger charge is 2.45. The summed E-state index contributed by atoms with van der Waals surface area (Å²) in [4.78, 5) is 22.6. The lowest BCUT2D eigenvalue weighted by Crippen LogP contribution is -2.61. The first-order chi connectivity index (χ1) is 8.62. The van der Waals surface area contributed by atoms with Gasteiger partial charge in [-0.15, -0.1) is 0 Å². The quantitative estimate of drug-likeness (QED) is 0.697. The number of carboxylic acid groups (broad SMARTS) is 1. The Kier molecular flexibility index (Phi) is 3.50. The number of nitrogens with one attached hydrogen (secondary N) is 2. The summed E-state index contributed by atoms with van der Waals surface area (Å²) in [5.74, 6) is -0.962. The van der Waals surface area contributed by atoms with Gasteiger partial charge in [-0.05, 0) is 25.3 Å². The minimum absolute atomic E-state index is 0.406. The van der Waals surface area contributed by atoms with Crippen molar-refractivity contribution in [3.63, 3.8) is 0 Å². The van der Waals surface area contributed by atoms with Crippen LogP contribution in [0.5, 0.6) is 0 Å². The highest BCUT2D eigenvalue weighted by atomic mass is 16.4. The van der Waals surface area contributed by atoms with Gasteiger partial charge in [-0.3, -0.25) is 4.68 Å². The van der Waals surface area contributed by atoms with Gasteiger partial charge in [-0.25, -0.2) is 9.59 Å². The standard InChI is InChI=1S/C11H16N4O3/c16-9(17)11(3-1-4-11)14-10(18)12-6-8-15-7-2-5-13-15/h2,5,7H,1,3-4,6,8H2,(H,16,17)(H2,12,14,18). The Morgan fingerprint density at radius 2 is 2.22 bits per heavy atom. The van der Waals surface area contributed by atoms with E-state index in [1.165, 1.54) is 0 Å². The van der Waals surface area contributed by atoms with E-state index >= 15 is 0 Å². The van der Waals surface area contributed by atoms with Gasteiger partial charge in [-0.2, -0.15) is 5.10 Å². The summed E-state index contributed by atoms with van der Waals surface area (Å²) in [6.07, 6.45) is 5.28. The normalized spacial score (nSPS) is 16.7. The van der Waals surface area contributed by atoms with Crippen LogP contribution in [0, 0.1) is 0 Å². The molecule has 0 atom stereocenters. The molecule has 7 nitrogen and oxygen atoms in total. The van der Waals surface area contributed by atoms with Crippen LogP contribution in [0.3, 0.4) is 0 Å². The van der Waals surface area contributed by atoms with Crippen LogP contribution in [0.1, 0.15) is 19.3 Å². The fourth-order valence-corrected chi connectivity index (χ4v) is 1.90. The number of rotatable bonds is 5. The third-order valence-corrected chi connectivity index (χ3v) is 3.15. The first-order valence-corrected chi connectivity index (χ1v) is 5.89. The Bertz CT molecular complexity index is 426. The summed E-state index contributed by atoms with van der Waals surface area (Å²) in [7, 11) is 0. The smallest absolute Gasteiger partial charge is 0.329 e. The molecule has 1 heterocycles. The number of carbonyl (C=O) groups is 2. The summed E-state index contributed by atoms with van der Waals surface area (Å²) < 4.78 is 1.69. The molecule has 0 spiro atoms. The summed E-state index contributed by atoms with van der Waals surface area (Å²) in [6.45, 7) is 0.962. The van der Waals surface area contributed by atoms with Gasteiger partial charge in [0.05, 0.1) is 6.54 Å². The predicted molar refractivity (Wildman–Crippen MR) is 63.0 cm³/mol. The molecular weight excluding hydrogens is 236 g/mol. The Balaban J connectivity index is 1.73. The molecule has 1 aromatic rings. The molecule has 98 valence electrons. The topological polar surface area (TPSA) is 96.3 Å². The van der Waals surface area contributed by atoms with Crippen molar-refractivity contribution in [2.45, 2.75) is 31.3 Å². The fourth-order valence-electron chi connectivity index (χ4n) is 1.90. The van der Waals surface area contributed by atoms with Crippen molar-refractivity contribution in [2.75, 3.05) is 6.54 Å². The lowest BCUT2D eigenvalue weighted by molar-refractivity contribution is -0.148. The summed E-state index contributed by atoms with van der Waals surface area (Å²) >= 11 is 0. The molecule has 2 amide bonds. The maximum atomic E-state index is 11.6. The molecule has 0 bridgehead atoms. The molecule has 0 aromatic carbocycles. The Morgan fingerprint density at radius 3 is 2.72 bits per heavy atom. The van der Waals surface area contributed by atoms with Gasteiger partial charge in [0.15, 0.2) is 0 Å². The van der Waals surface area contributed by atoms with Crippen molar-refractivity contribution in [1.82, 2.24) is 20.4 Å². The molecule has 18 heavy (non-hydrogen) atoms. The van der Waals surface area contributed by atoms with E-state index in [1.54, 1.807) is 23.1 Å². The molecule has 1 aromatic heterocycles. The molecule has 1 fully saturated rings. The molecule has 0 saturated heterocycles. The van der Waals surface area contributed by atoms with Gasteiger partial charge < -0.3 is 15.7 Å². The third-order valence-electron chi connectivity index (χ3n) is 3.15. The van der Waals surface area contributed by atoms with E-state index in [0.717, 1.165) is 6.42 Å². The van der Waals surface area contributed by atoms with Gasteiger partial charge in [0, 0.05) is 18.9 Å². The van der Waals surface area contributed by atoms with E-state index in [0.29, 0.717) is 25.9 Å². The fraction of sp³-hybridized carbons (Fsp3) is 0.545. The first-order valence-electron chi connectivity index (χ1n) is 5.89. The van der Waals surface area contributed by atoms with Crippen LogP contribution in [-0.2, 0) is 11.3 Å². The maximum Gasteiger partial charge on any atom is 0.329 e. The molecule has 1 saturated carbocycles. The van der Waals surface area contributed by atoms with Crippen molar-refractivity contribution in [3.8, 4) is 0 Å². The summed E-state index contributed by atoms with van der Waals surface area (Å²) in [6, 6.07) is 1.36. The number of nitrogens with zero attached hydrogens (tertiary/aromatic N) is 2. The van der Waals surface area contributed by atoms with E-state index in [4.69, 9.17) is 5.11 Å². The van der Waals surface area contributed by atoms with Crippen molar-refractivity contribution in [3.05, 3.63) is 18.5 Å². The minimum atomic E-state index is -1.06. The van der Waals surface area contributed by atoms with Crippen LogP contribution in [0.15, 0.2) is 18.5 Å². The minimum Gasteiger partial charge on any atom is -0.480 e. The second-order valence-corrected chi connectivity index (χ2v) is 4.39. The SMILES string of the molecule is O=C(NCCn1cccn1)NC1(C(=O)O)CCC1. The lowest BCUT2D eigenvalue weighted by atomic mass is 9.77. The molecule has 7 heteroatoms. The van der Waals surface area contributed by atoms with Crippen LogP contribution in [-0.4, -0.2) is 39.0 Å². The average molecular weight is 252 g/mol. The van der Waals surface area contributed by atoms with Crippen molar-refractivity contribution in [2.24, 2.45) is 0 Å². The van der Waals surface area contributed by atoms with Crippen LogP contribution in [0.2, 0.25) is 0 Å².